The number of nitrogens with one attached hydrogen (secondary N) is 1. The molecule has 7 aromatic carbocycles. The Bertz CT molecular complexity index is 2360. The molecule has 2 aliphatic heterocycles. The van der Waals surface area contributed by atoms with E-state index in [1.165, 1.54) is 65.4 Å². The maximum atomic E-state index is 4.99. The Labute approximate surface area is 284 Å². The van der Waals surface area contributed by atoms with Crippen molar-refractivity contribution in [1.29, 1.82) is 0 Å². The molecule has 10 rings (SSSR count). The van der Waals surface area contributed by atoms with Gasteiger partial charge in [0.25, 0.3) is 0 Å². The molecule has 2 nitrogen and oxygen atoms in total. The van der Waals surface area contributed by atoms with E-state index in [2.05, 4.69) is 169 Å². The van der Waals surface area contributed by atoms with Crippen LogP contribution in [-0.4, -0.2) is 5.84 Å². The molecule has 226 valence electrons. The van der Waals surface area contributed by atoms with E-state index in [0.717, 1.165) is 17.1 Å². The third-order valence-corrected chi connectivity index (χ3v) is 11.4. The van der Waals surface area contributed by atoms with Gasteiger partial charge in [-0.05, 0) is 68.3 Å². The largest absolute Gasteiger partial charge is 0.359 e. The lowest BCUT2D eigenvalue weighted by Crippen LogP contribution is -2.32. The summed E-state index contributed by atoms with van der Waals surface area (Å²) in [7, 11) is 0. The quantitative estimate of drug-likeness (QED) is 0.210. The average molecular weight is 631 g/mol. The molecule has 2 heterocycles. The second kappa shape index (κ2) is 10.7. The van der Waals surface area contributed by atoms with Crippen LogP contribution in [-0.2, 0) is 5.41 Å². The first-order valence-corrected chi connectivity index (χ1v) is 17.3. The van der Waals surface area contributed by atoms with E-state index in [4.69, 9.17) is 4.99 Å². The van der Waals surface area contributed by atoms with Crippen LogP contribution in [0.25, 0.3) is 22.3 Å². The lowest BCUT2D eigenvalue weighted by Gasteiger charge is -2.39. The van der Waals surface area contributed by atoms with E-state index < -0.39 is 0 Å². The van der Waals surface area contributed by atoms with Crippen molar-refractivity contribution in [3.8, 4) is 22.3 Å². The van der Waals surface area contributed by atoms with Gasteiger partial charge in [-0.25, -0.2) is 4.99 Å². The van der Waals surface area contributed by atoms with Crippen molar-refractivity contribution < 1.29 is 0 Å². The van der Waals surface area contributed by atoms with Crippen molar-refractivity contribution in [2.24, 2.45) is 4.99 Å². The van der Waals surface area contributed by atoms with Gasteiger partial charge in [0, 0.05) is 20.9 Å². The number of para-hydroxylation sites is 1. The number of rotatable bonds is 3. The summed E-state index contributed by atoms with van der Waals surface area (Å²) in [5, 5.41) is 3.76. The van der Waals surface area contributed by atoms with Crippen molar-refractivity contribution in [2.75, 3.05) is 0 Å². The topological polar surface area (TPSA) is 24.4 Å². The molecule has 7 aromatic rings. The minimum Gasteiger partial charge on any atom is -0.359 e. The molecule has 0 amide bonds. The Morgan fingerprint density at radius 1 is 0.479 bits per heavy atom. The molecule has 1 atom stereocenters. The van der Waals surface area contributed by atoms with Crippen LogP contribution in [0.5, 0.6) is 0 Å². The molecule has 1 aliphatic carbocycles. The zero-order chi connectivity index (χ0) is 31.7. The van der Waals surface area contributed by atoms with Gasteiger partial charge in [0.1, 0.15) is 5.84 Å². The van der Waals surface area contributed by atoms with Crippen LogP contribution >= 0.6 is 11.8 Å². The third-order valence-electron chi connectivity index (χ3n) is 10.2. The van der Waals surface area contributed by atoms with Gasteiger partial charge in [-0.1, -0.05) is 163 Å². The first-order chi connectivity index (χ1) is 23.8. The Balaban J connectivity index is 1.12. The minimum atomic E-state index is -0.372. The maximum absolute atomic E-state index is 4.99. The van der Waals surface area contributed by atoms with E-state index >= 15 is 0 Å². The molecule has 0 saturated heterocycles. The zero-order valence-corrected chi connectivity index (χ0v) is 26.9. The minimum absolute atomic E-state index is 0.00109. The Hall–Kier alpha value is -5.64. The standard InChI is InChI=1S/C45H30N2S/c1-2-13-31(14-3-1)44-46-39-22-9-5-16-34(39)43(47-44)30-27-25-29(26-28-30)32-17-12-21-38-42(32)33-15-4-6-18-35(33)45(38)36-19-7-10-23-40(36)48-41-24-11-8-20-37(41)45/h1-28,43H,(H,46,47). The molecule has 1 N–H and O–H groups in total. The van der Waals surface area contributed by atoms with Crippen LogP contribution in [0.3, 0.4) is 0 Å². The highest BCUT2D eigenvalue weighted by Gasteiger charge is 2.50. The van der Waals surface area contributed by atoms with Gasteiger partial charge in [-0.15, -0.1) is 0 Å². The number of amidine groups is 1. The molecule has 48 heavy (non-hydrogen) atoms. The predicted molar refractivity (Wildman–Crippen MR) is 197 cm³/mol. The summed E-state index contributed by atoms with van der Waals surface area (Å²) in [6.07, 6.45) is 0. The van der Waals surface area contributed by atoms with E-state index in [-0.39, 0.29) is 11.5 Å². The lowest BCUT2D eigenvalue weighted by atomic mass is 9.67. The Morgan fingerprint density at radius 2 is 1.08 bits per heavy atom. The first-order valence-electron chi connectivity index (χ1n) is 16.5. The number of fused-ring (bicyclic) bond motifs is 10. The zero-order valence-electron chi connectivity index (χ0n) is 26.1. The van der Waals surface area contributed by atoms with Gasteiger partial charge in [0.2, 0.25) is 0 Å². The van der Waals surface area contributed by atoms with Crippen molar-refractivity contribution in [1.82, 2.24) is 5.32 Å². The number of aliphatic imine (C=N–C) groups is 1. The summed E-state index contributed by atoms with van der Waals surface area (Å²) in [6, 6.07) is 62.0. The van der Waals surface area contributed by atoms with Gasteiger partial charge in [0.05, 0.1) is 17.1 Å². The summed E-state index contributed by atoms with van der Waals surface area (Å²) in [6.45, 7) is 0. The van der Waals surface area contributed by atoms with Crippen molar-refractivity contribution in [3.05, 3.63) is 209 Å². The average Bonchev–Trinajstić information content (AvgIpc) is 3.46. The van der Waals surface area contributed by atoms with Crippen LogP contribution in [0.4, 0.5) is 5.69 Å². The molecular weight excluding hydrogens is 601 g/mol. The van der Waals surface area contributed by atoms with E-state index in [0.29, 0.717) is 0 Å². The number of benzene rings is 7. The fourth-order valence-electron chi connectivity index (χ4n) is 8.21. The van der Waals surface area contributed by atoms with Gasteiger partial charge >= 0.3 is 0 Å². The van der Waals surface area contributed by atoms with Crippen LogP contribution in [0.2, 0.25) is 0 Å². The molecule has 0 saturated carbocycles. The van der Waals surface area contributed by atoms with Crippen molar-refractivity contribution >= 4 is 23.3 Å². The van der Waals surface area contributed by atoms with E-state index in [1.54, 1.807) is 0 Å². The number of hydrogen-bond donors (Lipinski definition) is 1. The normalized spacial score (nSPS) is 16.1. The monoisotopic (exact) mass is 630 g/mol. The molecule has 0 fully saturated rings. The summed E-state index contributed by atoms with van der Waals surface area (Å²) < 4.78 is 0. The van der Waals surface area contributed by atoms with Gasteiger partial charge < -0.3 is 5.32 Å². The van der Waals surface area contributed by atoms with Crippen molar-refractivity contribution in [2.45, 2.75) is 21.2 Å². The fraction of sp³-hybridized carbons (Fsp3) is 0.0444. The van der Waals surface area contributed by atoms with Gasteiger partial charge in [-0.2, -0.15) is 0 Å². The highest BCUT2D eigenvalue weighted by Crippen LogP contribution is 2.63. The number of nitrogens with zero attached hydrogens (tertiary/aromatic N) is 1. The molecule has 1 unspecified atom stereocenters. The van der Waals surface area contributed by atoms with Crippen LogP contribution in [0.1, 0.15) is 45.0 Å². The predicted octanol–water partition coefficient (Wildman–Crippen LogP) is 11.0. The summed E-state index contributed by atoms with van der Waals surface area (Å²) >= 11 is 1.89. The Morgan fingerprint density at radius 3 is 1.85 bits per heavy atom. The summed E-state index contributed by atoms with van der Waals surface area (Å²) in [4.78, 5) is 7.65. The second-order valence-corrected chi connectivity index (χ2v) is 13.8. The molecule has 1 spiro atoms. The highest BCUT2D eigenvalue weighted by molar-refractivity contribution is 7.99. The Kier molecular flexibility index (Phi) is 6.12. The van der Waals surface area contributed by atoms with E-state index in [1.807, 2.05) is 17.8 Å². The van der Waals surface area contributed by atoms with E-state index in [9.17, 15) is 0 Å². The third kappa shape index (κ3) is 3.92. The molecule has 0 aromatic heterocycles. The first kappa shape index (κ1) is 27.5. The smallest absolute Gasteiger partial charge is 0.134 e. The number of hydrogen-bond acceptors (Lipinski definition) is 3. The maximum Gasteiger partial charge on any atom is 0.134 e. The molecule has 0 radical (unpaired) electrons. The molecular formula is C45H30N2S. The van der Waals surface area contributed by atoms with Crippen LogP contribution in [0.15, 0.2) is 185 Å². The second-order valence-electron chi connectivity index (χ2n) is 12.7. The molecule has 3 aliphatic rings. The van der Waals surface area contributed by atoms with Crippen LogP contribution < -0.4 is 5.32 Å². The van der Waals surface area contributed by atoms with Crippen molar-refractivity contribution in [3.63, 3.8) is 0 Å². The summed E-state index contributed by atoms with van der Waals surface area (Å²) in [5.41, 5.74) is 14.7. The van der Waals surface area contributed by atoms with Gasteiger partial charge in [-0.3, -0.25) is 0 Å². The SMILES string of the molecule is c1ccc(C2=Nc3ccccc3C(c3ccc(-c4cccc5c4-c4ccccc4C54c5ccccc5Sc5ccccc54)cc3)N2)cc1. The lowest BCUT2D eigenvalue weighted by molar-refractivity contribution is 0.722. The van der Waals surface area contributed by atoms with Gasteiger partial charge in [0.15, 0.2) is 0 Å². The fourth-order valence-corrected chi connectivity index (χ4v) is 9.40. The highest BCUT2D eigenvalue weighted by atomic mass is 32.2. The molecule has 0 bridgehead atoms. The molecule has 3 heteroatoms. The van der Waals surface area contributed by atoms with Crippen LogP contribution in [0, 0.1) is 0 Å². The summed E-state index contributed by atoms with van der Waals surface area (Å²) in [5.74, 6) is 0.900.